The highest BCUT2D eigenvalue weighted by molar-refractivity contribution is 7.84. The van der Waals surface area contributed by atoms with Gasteiger partial charge in [0.2, 0.25) is 0 Å². The standard InChI is InChI=1S/C9H15N5O3S/c1-6(5-18(2)17)11-8-3-7(14(15)16)4-9(12-8)13-10/h3-4,6H,5,10H2,1-2H3,(H2,11,12,13). The molecule has 0 aromatic carbocycles. The lowest BCUT2D eigenvalue weighted by molar-refractivity contribution is -0.384. The third-order valence-electron chi connectivity index (χ3n) is 2.05. The minimum atomic E-state index is -0.955. The number of anilines is 2. The van der Waals surface area contributed by atoms with Gasteiger partial charge >= 0.3 is 0 Å². The molecule has 0 radical (unpaired) electrons. The Balaban J connectivity index is 2.90. The fourth-order valence-electron chi connectivity index (χ4n) is 1.42. The van der Waals surface area contributed by atoms with E-state index in [1.54, 1.807) is 6.26 Å². The van der Waals surface area contributed by atoms with Crippen LogP contribution in [-0.2, 0) is 10.8 Å². The van der Waals surface area contributed by atoms with Crippen LogP contribution in [0.1, 0.15) is 6.92 Å². The molecule has 1 aromatic rings. The molecule has 2 unspecified atom stereocenters. The second-order valence-corrected chi connectivity index (χ2v) is 5.26. The van der Waals surface area contributed by atoms with Crippen molar-refractivity contribution >= 4 is 28.1 Å². The van der Waals surface area contributed by atoms with E-state index in [4.69, 9.17) is 5.84 Å². The average Bonchev–Trinajstić information content (AvgIpc) is 2.27. The van der Waals surface area contributed by atoms with E-state index in [0.29, 0.717) is 11.6 Å². The van der Waals surface area contributed by atoms with Gasteiger partial charge < -0.3 is 10.7 Å². The number of nitrogens with two attached hydrogens (primary N) is 1. The van der Waals surface area contributed by atoms with Crippen LogP contribution in [0.25, 0.3) is 0 Å². The number of hydrazine groups is 1. The Morgan fingerprint density at radius 2 is 2.17 bits per heavy atom. The van der Waals surface area contributed by atoms with Crippen LogP contribution in [0.3, 0.4) is 0 Å². The largest absolute Gasteiger partial charge is 0.366 e. The van der Waals surface area contributed by atoms with Crippen molar-refractivity contribution in [2.45, 2.75) is 13.0 Å². The predicted molar refractivity (Wildman–Crippen MR) is 70.7 cm³/mol. The van der Waals surface area contributed by atoms with Crippen molar-refractivity contribution in [2.24, 2.45) is 5.84 Å². The maximum absolute atomic E-state index is 11.1. The molecule has 0 amide bonds. The van der Waals surface area contributed by atoms with Crippen molar-refractivity contribution in [3.8, 4) is 0 Å². The van der Waals surface area contributed by atoms with E-state index < -0.39 is 15.7 Å². The molecule has 0 saturated carbocycles. The Morgan fingerprint density at radius 3 is 2.67 bits per heavy atom. The van der Waals surface area contributed by atoms with Crippen molar-refractivity contribution < 1.29 is 9.13 Å². The van der Waals surface area contributed by atoms with E-state index in [1.807, 2.05) is 6.92 Å². The lowest BCUT2D eigenvalue weighted by Crippen LogP contribution is -2.23. The number of rotatable bonds is 6. The monoisotopic (exact) mass is 273 g/mol. The number of hydrogen-bond acceptors (Lipinski definition) is 7. The van der Waals surface area contributed by atoms with Crippen molar-refractivity contribution in [1.82, 2.24) is 4.98 Å². The number of pyridine rings is 1. The number of nitrogens with zero attached hydrogens (tertiary/aromatic N) is 2. The first-order valence-corrected chi connectivity index (χ1v) is 6.84. The Labute approximate surface area is 107 Å². The molecule has 4 N–H and O–H groups in total. The van der Waals surface area contributed by atoms with Gasteiger partial charge in [0.15, 0.2) is 0 Å². The molecule has 0 fully saturated rings. The molecule has 0 bridgehead atoms. The van der Waals surface area contributed by atoms with Crippen LogP contribution in [0.2, 0.25) is 0 Å². The highest BCUT2D eigenvalue weighted by atomic mass is 32.2. The summed E-state index contributed by atoms with van der Waals surface area (Å²) < 4.78 is 11.1. The molecule has 0 aliphatic carbocycles. The number of aromatic nitrogens is 1. The molecule has 0 spiro atoms. The van der Waals surface area contributed by atoms with Crippen LogP contribution in [0.15, 0.2) is 12.1 Å². The zero-order valence-electron chi connectivity index (χ0n) is 10.0. The number of hydrogen-bond donors (Lipinski definition) is 3. The maximum atomic E-state index is 11.1. The number of nitro groups is 1. The first-order chi connectivity index (χ1) is 8.42. The third kappa shape index (κ3) is 4.26. The smallest absolute Gasteiger partial charge is 0.276 e. The van der Waals surface area contributed by atoms with Crippen molar-refractivity contribution in [3.63, 3.8) is 0 Å². The lowest BCUT2D eigenvalue weighted by atomic mass is 10.3. The SMILES string of the molecule is CC(CS(C)=O)Nc1cc([N+](=O)[O-])cc(NN)n1. The summed E-state index contributed by atoms with van der Waals surface area (Å²) in [6, 6.07) is 2.42. The number of nitrogens with one attached hydrogen (secondary N) is 2. The van der Waals surface area contributed by atoms with Crippen LogP contribution < -0.4 is 16.6 Å². The van der Waals surface area contributed by atoms with Gasteiger partial charge in [0.1, 0.15) is 11.6 Å². The Morgan fingerprint density at radius 1 is 1.56 bits per heavy atom. The van der Waals surface area contributed by atoms with Crippen LogP contribution in [0.4, 0.5) is 17.3 Å². The molecular weight excluding hydrogens is 258 g/mol. The van der Waals surface area contributed by atoms with E-state index in [2.05, 4.69) is 15.7 Å². The fraction of sp³-hybridized carbons (Fsp3) is 0.444. The molecule has 9 heteroatoms. The molecule has 1 rings (SSSR count). The van der Waals surface area contributed by atoms with Gasteiger partial charge in [-0.05, 0) is 6.92 Å². The molecule has 0 aliphatic rings. The topological polar surface area (TPSA) is 123 Å². The van der Waals surface area contributed by atoms with E-state index in [1.165, 1.54) is 12.1 Å². The normalized spacial score (nSPS) is 13.7. The summed E-state index contributed by atoms with van der Waals surface area (Å²) in [5.74, 6) is 6.12. The Hall–Kier alpha value is -1.74. The minimum absolute atomic E-state index is 0.115. The quantitative estimate of drug-likeness (QED) is 0.390. The molecule has 8 nitrogen and oxygen atoms in total. The molecule has 100 valence electrons. The highest BCUT2D eigenvalue weighted by Crippen LogP contribution is 2.20. The van der Waals surface area contributed by atoms with Gasteiger partial charge in [0, 0.05) is 28.9 Å². The summed E-state index contributed by atoms with van der Waals surface area (Å²) >= 11 is 0. The van der Waals surface area contributed by atoms with Gasteiger partial charge in [-0.15, -0.1) is 0 Å². The predicted octanol–water partition coefficient (Wildman–Crippen LogP) is 0.454. The highest BCUT2D eigenvalue weighted by Gasteiger charge is 2.12. The van der Waals surface area contributed by atoms with Gasteiger partial charge in [0.25, 0.3) is 5.69 Å². The zero-order valence-corrected chi connectivity index (χ0v) is 10.9. The van der Waals surface area contributed by atoms with Gasteiger partial charge in [-0.2, -0.15) is 0 Å². The van der Waals surface area contributed by atoms with Gasteiger partial charge in [-0.25, -0.2) is 10.8 Å². The Kier molecular flexibility index (Phi) is 4.98. The molecule has 0 saturated heterocycles. The minimum Gasteiger partial charge on any atom is -0.366 e. The van der Waals surface area contributed by atoms with Gasteiger partial charge in [-0.1, -0.05) is 0 Å². The van der Waals surface area contributed by atoms with Crippen LogP contribution in [0, 0.1) is 10.1 Å². The first-order valence-electron chi connectivity index (χ1n) is 5.12. The van der Waals surface area contributed by atoms with Crippen LogP contribution >= 0.6 is 0 Å². The summed E-state index contributed by atoms with van der Waals surface area (Å²) in [4.78, 5) is 14.2. The maximum Gasteiger partial charge on any atom is 0.276 e. The van der Waals surface area contributed by atoms with E-state index in [-0.39, 0.29) is 17.5 Å². The van der Waals surface area contributed by atoms with Crippen molar-refractivity contribution in [3.05, 3.63) is 22.2 Å². The molecule has 1 aromatic heterocycles. The van der Waals surface area contributed by atoms with Crippen LogP contribution in [-0.4, -0.2) is 32.2 Å². The summed E-state index contributed by atoms with van der Waals surface area (Å²) in [5, 5.41) is 13.7. The molecule has 2 atom stereocenters. The van der Waals surface area contributed by atoms with E-state index >= 15 is 0 Å². The first kappa shape index (κ1) is 14.3. The van der Waals surface area contributed by atoms with E-state index in [9.17, 15) is 14.3 Å². The number of nitrogen functional groups attached to an aromatic ring is 1. The second kappa shape index (κ2) is 6.26. The Bertz CT molecular complexity index is 468. The van der Waals surface area contributed by atoms with Crippen LogP contribution in [0.5, 0.6) is 0 Å². The molecule has 18 heavy (non-hydrogen) atoms. The van der Waals surface area contributed by atoms with E-state index in [0.717, 1.165) is 0 Å². The summed E-state index contributed by atoms with van der Waals surface area (Å²) in [6.07, 6.45) is 1.59. The summed E-state index contributed by atoms with van der Waals surface area (Å²) in [6.45, 7) is 1.82. The molecular formula is C9H15N5O3S. The molecule has 0 aliphatic heterocycles. The summed E-state index contributed by atoms with van der Waals surface area (Å²) in [7, 11) is -0.955. The zero-order chi connectivity index (χ0) is 13.7. The third-order valence-corrected chi connectivity index (χ3v) is 3.02. The molecule has 1 heterocycles. The average molecular weight is 273 g/mol. The van der Waals surface area contributed by atoms with Crippen molar-refractivity contribution in [1.29, 1.82) is 0 Å². The summed E-state index contributed by atoms with van der Waals surface area (Å²) in [5.41, 5.74) is 2.14. The fourth-order valence-corrected chi connectivity index (χ4v) is 2.20. The van der Waals surface area contributed by atoms with Gasteiger partial charge in [0.05, 0.1) is 17.1 Å². The lowest BCUT2D eigenvalue weighted by Gasteiger charge is -2.13. The second-order valence-electron chi connectivity index (χ2n) is 3.78. The van der Waals surface area contributed by atoms with Gasteiger partial charge in [-0.3, -0.25) is 14.3 Å². The van der Waals surface area contributed by atoms with Crippen molar-refractivity contribution in [2.75, 3.05) is 22.8 Å².